The Kier molecular flexibility index (Phi) is 5.12. The standard InChI is InChI=1S/C25H25N5O3S/c31-21-8-11-26-25-22(21)23(17-9-12-34(32,33)13-10-17)29-24-19(15-28-30(24)25)18-6-7-20(27-14-18)16-4-2-1-3-5-16/h1,5-7,14-17,26H,2,4,8-13H2. The van der Waals surface area contributed by atoms with Crippen molar-refractivity contribution in [3.63, 3.8) is 0 Å². The highest BCUT2D eigenvalue weighted by atomic mass is 32.2. The molecule has 0 amide bonds. The van der Waals surface area contributed by atoms with Crippen LogP contribution in [-0.2, 0) is 9.84 Å². The second-order valence-electron chi connectivity index (χ2n) is 9.23. The third-order valence-corrected chi connectivity index (χ3v) is 8.77. The van der Waals surface area contributed by atoms with E-state index in [1.807, 2.05) is 24.4 Å². The minimum absolute atomic E-state index is 0.0317. The maximum Gasteiger partial charge on any atom is 0.170 e. The molecule has 3 aromatic heterocycles. The van der Waals surface area contributed by atoms with E-state index in [0.717, 1.165) is 29.7 Å². The fourth-order valence-electron chi connectivity index (χ4n) is 5.16. The Balaban J connectivity index is 1.45. The van der Waals surface area contributed by atoms with Gasteiger partial charge in [0.25, 0.3) is 0 Å². The molecule has 0 aromatic carbocycles. The average molecular weight is 476 g/mol. The van der Waals surface area contributed by atoms with E-state index in [9.17, 15) is 13.2 Å². The molecule has 174 valence electrons. The lowest BCUT2D eigenvalue weighted by atomic mass is 9.91. The van der Waals surface area contributed by atoms with Crippen LogP contribution in [0.5, 0.6) is 0 Å². The van der Waals surface area contributed by atoms with Gasteiger partial charge in [-0.3, -0.25) is 9.78 Å². The number of Topliss-reactive ketones (excluding diaryl/α,β-unsaturated/α-hetero) is 1. The number of aromatic nitrogens is 4. The second kappa shape index (κ2) is 8.18. The molecule has 0 saturated carbocycles. The smallest absolute Gasteiger partial charge is 0.170 e. The number of hydrogen-bond donors (Lipinski definition) is 1. The molecule has 3 aromatic rings. The van der Waals surface area contributed by atoms with E-state index in [-0.39, 0.29) is 29.1 Å². The van der Waals surface area contributed by atoms with Gasteiger partial charge in [0.2, 0.25) is 0 Å². The van der Waals surface area contributed by atoms with Gasteiger partial charge in [0.1, 0.15) is 15.7 Å². The molecule has 34 heavy (non-hydrogen) atoms. The zero-order valence-corrected chi connectivity index (χ0v) is 19.5. The van der Waals surface area contributed by atoms with Crippen LogP contribution in [0.1, 0.15) is 65.7 Å². The number of pyridine rings is 1. The van der Waals surface area contributed by atoms with Gasteiger partial charge >= 0.3 is 0 Å². The Morgan fingerprint density at radius 1 is 1.12 bits per heavy atom. The van der Waals surface area contributed by atoms with Crippen LogP contribution >= 0.6 is 0 Å². The summed E-state index contributed by atoms with van der Waals surface area (Å²) in [6.45, 7) is 0.540. The van der Waals surface area contributed by atoms with Crippen molar-refractivity contribution in [1.29, 1.82) is 0 Å². The minimum Gasteiger partial charge on any atom is -0.369 e. The number of hydrogen-bond acceptors (Lipinski definition) is 7. The van der Waals surface area contributed by atoms with Gasteiger partial charge in [-0.15, -0.1) is 5.73 Å². The lowest BCUT2D eigenvalue weighted by molar-refractivity contribution is 0.0981. The number of carbonyl (C=O) groups excluding carboxylic acids is 1. The molecule has 0 bridgehead atoms. The number of ketones is 1. The summed E-state index contributed by atoms with van der Waals surface area (Å²) in [4.78, 5) is 22.6. The van der Waals surface area contributed by atoms with E-state index < -0.39 is 9.84 Å². The van der Waals surface area contributed by atoms with E-state index in [4.69, 9.17) is 9.97 Å². The van der Waals surface area contributed by atoms with E-state index in [1.165, 1.54) is 0 Å². The van der Waals surface area contributed by atoms with Crippen molar-refractivity contribution >= 4 is 27.1 Å². The van der Waals surface area contributed by atoms with Crippen molar-refractivity contribution in [2.45, 2.75) is 43.9 Å². The normalized spacial score (nSPS) is 22.0. The first-order valence-electron chi connectivity index (χ1n) is 11.8. The van der Waals surface area contributed by atoms with Crippen molar-refractivity contribution in [3.8, 4) is 11.1 Å². The molecule has 0 radical (unpaired) electrons. The Hall–Kier alpha value is -3.29. The summed E-state index contributed by atoms with van der Waals surface area (Å²) < 4.78 is 25.7. The summed E-state index contributed by atoms with van der Waals surface area (Å²) in [6, 6.07) is 4.08. The number of nitrogens with one attached hydrogen (secondary N) is 1. The van der Waals surface area contributed by atoms with Crippen molar-refractivity contribution in [2.24, 2.45) is 0 Å². The highest BCUT2D eigenvalue weighted by Crippen LogP contribution is 2.37. The first-order chi connectivity index (χ1) is 16.5. The maximum absolute atomic E-state index is 12.9. The van der Waals surface area contributed by atoms with Gasteiger partial charge in [-0.05, 0) is 43.9 Å². The number of allylic oxidation sites excluding steroid dienone is 1. The van der Waals surface area contributed by atoms with E-state index >= 15 is 0 Å². The monoisotopic (exact) mass is 475 g/mol. The first kappa shape index (κ1) is 21.3. The molecule has 9 heteroatoms. The van der Waals surface area contributed by atoms with Crippen molar-refractivity contribution < 1.29 is 13.2 Å². The van der Waals surface area contributed by atoms with Gasteiger partial charge < -0.3 is 5.32 Å². The number of carbonyl (C=O) groups is 1. The summed E-state index contributed by atoms with van der Waals surface area (Å²) in [5.41, 5.74) is 7.85. The summed E-state index contributed by atoms with van der Waals surface area (Å²) in [7, 11) is -3.02. The highest BCUT2D eigenvalue weighted by molar-refractivity contribution is 7.91. The topological polar surface area (TPSA) is 106 Å². The maximum atomic E-state index is 12.9. The average Bonchev–Trinajstić information content (AvgIpc) is 3.29. The van der Waals surface area contributed by atoms with Crippen LogP contribution in [0.4, 0.5) is 5.82 Å². The molecule has 8 nitrogen and oxygen atoms in total. The lowest BCUT2D eigenvalue weighted by Gasteiger charge is -2.27. The first-order valence-corrected chi connectivity index (χ1v) is 13.6. The minimum atomic E-state index is -3.02. The van der Waals surface area contributed by atoms with Crippen LogP contribution in [-0.4, -0.2) is 51.8 Å². The van der Waals surface area contributed by atoms with E-state index in [2.05, 4.69) is 22.2 Å². The molecule has 0 spiro atoms. The Labute approximate surface area is 197 Å². The highest BCUT2D eigenvalue weighted by Gasteiger charge is 2.33. The summed E-state index contributed by atoms with van der Waals surface area (Å²) in [6.07, 6.45) is 11.1. The summed E-state index contributed by atoms with van der Waals surface area (Å²) in [5, 5.41) is 7.90. The predicted molar refractivity (Wildman–Crippen MR) is 129 cm³/mol. The molecule has 1 aliphatic carbocycles. The van der Waals surface area contributed by atoms with Crippen molar-refractivity contribution in [3.05, 3.63) is 59.4 Å². The molecule has 1 N–H and O–H groups in total. The third kappa shape index (κ3) is 3.65. The number of nitrogens with zero attached hydrogens (tertiary/aromatic N) is 4. The molecule has 1 unspecified atom stereocenters. The third-order valence-electron chi connectivity index (χ3n) is 7.05. The van der Waals surface area contributed by atoms with Gasteiger partial charge in [0.15, 0.2) is 11.4 Å². The molecule has 5 heterocycles. The fourth-order valence-corrected chi connectivity index (χ4v) is 6.65. The van der Waals surface area contributed by atoms with Crippen LogP contribution in [0, 0.1) is 0 Å². The van der Waals surface area contributed by atoms with Gasteiger partial charge in [-0.25, -0.2) is 13.4 Å². The summed E-state index contributed by atoms with van der Waals surface area (Å²) >= 11 is 0. The fraction of sp³-hybridized carbons (Fsp3) is 0.400. The second-order valence-corrected chi connectivity index (χ2v) is 11.5. The zero-order chi connectivity index (χ0) is 23.3. The number of rotatable bonds is 3. The zero-order valence-electron chi connectivity index (χ0n) is 18.7. The van der Waals surface area contributed by atoms with Crippen LogP contribution in [0.25, 0.3) is 16.8 Å². The van der Waals surface area contributed by atoms with Crippen molar-refractivity contribution in [2.75, 3.05) is 23.4 Å². The molecular weight excluding hydrogens is 450 g/mol. The number of sulfone groups is 1. The van der Waals surface area contributed by atoms with Crippen LogP contribution in [0.15, 0.2) is 42.4 Å². The molecular formula is C25H25N5O3S. The van der Waals surface area contributed by atoms with Crippen LogP contribution in [0.3, 0.4) is 0 Å². The van der Waals surface area contributed by atoms with Gasteiger partial charge in [-0.2, -0.15) is 9.61 Å². The number of fused-ring (bicyclic) bond motifs is 3. The van der Waals surface area contributed by atoms with Crippen molar-refractivity contribution in [1.82, 2.24) is 19.6 Å². The van der Waals surface area contributed by atoms with Crippen LogP contribution < -0.4 is 5.32 Å². The van der Waals surface area contributed by atoms with Gasteiger partial charge in [0, 0.05) is 47.8 Å². The largest absolute Gasteiger partial charge is 0.369 e. The lowest BCUT2D eigenvalue weighted by Crippen LogP contribution is -2.28. The molecule has 1 saturated heterocycles. The van der Waals surface area contributed by atoms with Crippen LogP contribution in [0.2, 0.25) is 0 Å². The molecule has 6 rings (SSSR count). The predicted octanol–water partition coefficient (Wildman–Crippen LogP) is 3.67. The Morgan fingerprint density at radius 3 is 2.71 bits per heavy atom. The Bertz CT molecular complexity index is 1450. The quantitative estimate of drug-likeness (QED) is 0.576. The summed E-state index contributed by atoms with van der Waals surface area (Å²) in [5.74, 6) is 1.15. The van der Waals surface area contributed by atoms with Gasteiger partial charge in [0.05, 0.1) is 29.0 Å². The molecule has 1 fully saturated rings. The molecule has 1 atom stereocenters. The van der Waals surface area contributed by atoms with E-state index in [0.29, 0.717) is 48.5 Å². The molecule has 2 aliphatic heterocycles. The Morgan fingerprint density at radius 2 is 1.97 bits per heavy atom. The van der Waals surface area contributed by atoms with E-state index in [1.54, 1.807) is 10.7 Å². The molecule has 3 aliphatic rings. The van der Waals surface area contributed by atoms with Gasteiger partial charge in [-0.1, -0.05) is 6.07 Å². The number of anilines is 1. The SMILES string of the molecule is O=C1CCNc2c1c(C1CCS(=O)(=O)CC1)nc1c(-c3ccc(C4C=C=CCC4)nc3)cnn21.